The number of benzene rings is 2. The summed E-state index contributed by atoms with van der Waals surface area (Å²) in [5.41, 5.74) is 8.35. The van der Waals surface area contributed by atoms with Gasteiger partial charge < -0.3 is 15.2 Å². The molecule has 1 aliphatic heterocycles. The Bertz CT molecular complexity index is 612. The molecule has 1 aliphatic rings. The lowest BCUT2D eigenvalue weighted by atomic mass is 10.1. The minimum atomic E-state index is -0.251. The van der Waals surface area contributed by atoms with Crippen molar-refractivity contribution in [3.8, 4) is 5.75 Å². The van der Waals surface area contributed by atoms with Gasteiger partial charge in [0.1, 0.15) is 18.5 Å². The van der Waals surface area contributed by atoms with Crippen LogP contribution in [0.3, 0.4) is 0 Å². The zero-order valence-corrected chi connectivity index (χ0v) is 11.6. The number of rotatable bonds is 4. The highest BCUT2D eigenvalue weighted by Gasteiger charge is 2.23. The van der Waals surface area contributed by atoms with Crippen LogP contribution in [0.1, 0.15) is 11.1 Å². The summed E-state index contributed by atoms with van der Waals surface area (Å²) in [6.45, 7) is 0.280. The number of esters is 1. The molecule has 0 amide bonds. The predicted octanol–water partition coefficient (Wildman–Crippen LogP) is 2.36. The van der Waals surface area contributed by atoms with E-state index >= 15 is 0 Å². The molecule has 1 atom stereocenters. The van der Waals surface area contributed by atoms with Crippen molar-refractivity contribution >= 4 is 11.7 Å². The monoisotopic (exact) mass is 283 g/mol. The maximum absolute atomic E-state index is 11.8. The van der Waals surface area contributed by atoms with Crippen molar-refractivity contribution in [1.82, 2.24) is 0 Å². The Hall–Kier alpha value is -2.49. The number of para-hydroxylation sites is 1. The number of nitrogen functional groups attached to an aromatic ring is 1. The van der Waals surface area contributed by atoms with Gasteiger partial charge in [0.2, 0.25) is 0 Å². The van der Waals surface area contributed by atoms with Crippen LogP contribution in [0, 0.1) is 0 Å². The second kappa shape index (κ2) is 5.87. The summed E-state index contributed by atoms with van der Waals surface area (Å²) >= 11 is 0. The van der Waals surface area contributed by atoms with Crippen LogP contribution in [0.25, 0.3) is 0 Å². The van der Waals surface area contributed by atoms with Gasteiger partial charge in [-0.05, 0) is 29.3 Å². The molecular weight excluding hydrogens is 266 g/mol. The molecular formula is C17H17NO3. The Kier molecular flexibility index (Phi) is 3.77. The number of hydrogen-bond acceptors (Lipinski definition) is 4. The molecule has 0 radical (unpaired) electrons. The maximum atomic E-state index is 11.8. The van der Waals surface area contributed by atoms with Gasteiger partial charge in [-0.15, -0.1) is 0 Å². The zero-order chi connectivity index (χ0) is 14.7. The molecule has 4 nitrogen and oxygen atoms in total. The van der Waals surface area contributed by atoms with E-state index in [1.54, 1.807) is 12.1 Å². The summed E-state index contributed by atoms with van der Waals surface area (Å²) in [6, 6.07) is 15.1. The molecule has 0 saturated carbocycles. The molecule has 3 rings (SSSR count). The molecule has 21 heavy (non-hydrogen) atoms. The van der Waals surface area contributed by atoms with E-state index in [4.69, 9.17) is 15.2 Å². The van der Waals surface area contributed by atoms with E-state index in [0.717, 1.165) is 23.3 Å². The Morgan fingerprint density at radius 2 is 1.95 bits per heavy atom. The summed E-state index contributed by atoms with van der Waals surface area (Å²) in [4.78, 5) is 11.8. The first-order valence-electron chi connectivity index (χ1n) is 6.95. The smallest absolute Gasteiger partial charge is 0.310 e. The van der Waals surface area contributed by atoms with Crippen molar-refractivity contribution in [2.45, 2.75) is 18.9 Å². The van der Waals surface area contributed by atoms with E-state index in [-0.39, 0.29) is 25.1 Å². The number of nitrogens with two attached hydrogens (primary N) is 1. The zero-order valence-electron chi connectivity index (χ0n) is 11.6. The number of anilines is 1. The third-order valence-corrected chi connectivity index (χ3v) is 3.47. The first-order valence-corrected chi connectivity index (χ1v) is 6.95. The minimum Gasteiger partial charge on any atom is -0.486 e. The Morgan fingerprint density at radius 1 is 1.19 bits per heavy atom. The van der Waals surface area contributed by atoms with Crippen LogP contribution in [0.5, 0.6) is 5.75 Å². The van der Waals surface area contributed by atoms with Gasteiger partial charge in [-0.2, -0.15) is 0 Å². The lowest BCUT2D eigenvalue weighted by molar-refractivity contribution is -0.145. The van der Waals surface area contributed by atoms with Gasteiger partial charge in [0.05, 0.1) is 6.42 Å². The van der Waals surface area contributed by atoms with E-state index in [1.165, 1.54) is 0 Å². The SMILES string of the molecule is Nc1ccc(CC(=O)OCC2Cc3ccccc3O2)cc1. The van der Waals surface area contributed by atoms with Crippen LogP contribution in [0.4, 0.5) is 5.69 Å². The average Bonchev–Trinajstić information content (AvgIpc) is 2.90. The fraction of sp³-hybridized carbons (Fsp3) is 0.235. The van der Waals surface area contributed by atoms with Gasteiger partial charge in [-0.3, -0.25) is 4.79 Å². The van der Waals surface area contributed by atoms with Crippen molar-refractivity contribution in [3.05, 3.63) is 59.7 Å². The standard InChI is InChI=1S/C17H17NO3/c18-14-7-5-12(6-8-14)9-17(19)20-11-15-10-13-3-1-2-4-16(13)21-15/h1-8,15H,9-11,18H2. The number of carbonyl (C=O) groups is 1. The van der Waals surface area contributed by atoms with Crippen LogP contribution in [0.15, 0.2) is 48.5 Å². The highest BCUT2D eigenvalue weighted by molar-refractivity contribution is 5.72. The van der Waals surface area contributed by atoms with Crippen molar-refractivity contribution in [2.75, 3.05) is 12.3 Å². The molecule has 2 aromatic carbocycles. The Morgan fingerprint density at radius 3 is 2.71 bits per heavy atom. The van der Waals surface area contributed by atoms with E-state index in [1.807, 2.05) is 36.4 Å². The topological polar surface area (TPSA) is 61.6 Å². The fourth-order valence-electron chi connectivity index (χ4n) is 2.39. The van der Waals surface area contributed by atoms with Gasteiger partial charge in [-0.25, -0.2) is 0 Å². The number of fused-ring (bicyclic) bond motifs is 1. The van der Waals surface area contributed by atoms with Crippen LogP contribution in [-0.2, 0) is 22.4 Å². The lowest BCUT2D eigenvalue weighted by Gasteiger charge is -2.11. The quantitative estimate of drug-likeness (QED) is 0.691. The first-order chi connectivity index (χ1) is 10.2. The van der Waals surface area contributed by atoms with Crippen LogP contribution >= 0.6 is 0 Å². The number of carbonyl (C=O) groups excluding carboxylic acids is 1. The third kappa shape index (κ3) is 3.34. The Balaban J connectivity index is 1.48. The van der Waals surface area contributed by atoms with E-state index in [2.05, 4.69) is 0 Å². The predicted molar refractivity (Wildman–Crippen MR) is 80.1 cm³/mol. The second-order valence-corrected chi connectivity index (χ2v) is 5.15. The maximum Gasteiger partial charge on any atom is 0.310 e. The van der Waals surface area contributed by atoms with Gasteiger partial charge >= 0.3 is 5.97 Å². The molecule has 2 N–H and O–H groups in total. The second-order valence-electron chi connectivity index (χ2n) is 5.15. The number of ether oxygens (including phenoxy) is 2. The fourth-order valence-corrected chi connectivity index (χ4v) is 2.39. The summed E-state index contributed by atoms with van der Waals surface area (Å²) < 4.78 is 11.0. The third-order valence-electron chi connectivity index (χ3n) is 3.47. The molecule has 0 aliphatic carbocycles. The highest BCUT2D eigenvalue weighted by Crippen LogP contribution is 2.28. The van der Waals surface area contributed by atoms with E-state index in [0.29, 0.717) is 5.69 Å². The van der Waals surface area contributed by atoms with Crippen LogP contribution in [-0.4, -0.2) is 18.7 Å². The molecule has 4 heteroatoms. The normalized spacial score (nSPS) is 16.1. The van der Waals surface area contributed by atoms with Crippen LogP contribution < -0.4 is 10.5 Å². The molecule has 108 valence electrons. The molecule has 0 aromatic heterocycles. The molecule has 0 bridgehead atoms. The average molecular weight is 283 g/mol. The van der Waals surface area contributed by atoms with Crippen LogP contribution in [0.2, 0.25) is 0 Å². The summed E-state index contributed by atoms with van der Waals surface area (Å²) in [5, 5.41) is 0. The molecule has 0 fully saturated rings. The van der Waals surface area contributed by atoms with Crippen molar-refractivity contribution < 1.29 is 14.3 Å². The van der Waals surface area contributed by atoms with Crippen molar-refractivity contribution in [2.24, 2.45) is 0 Å². The molecule has 1 unspecified atom stereocenters. The first kappa shape index (κ1) is 13.5. The van der Waals surface area contributed by atoms with Gasteiger partial charge in [0.15, 0.2) is 0 Å². The van der Waals surface area contributed by atoms with Gasteiger partial charge in [0.25, 0.3) is 0 Å². The van der Waals surface area contributed by atoms with Crippen molar-refractivity contribution in [3.63, 3.8) is 0 Å². The van der Waals surface area contributed by atoms with E-state index < -0.39 is 0 Å². The van der Waals surface area contributed by atoms with Gasteiger partial charge in [0, 0.05) is 12.1 Å². The number of hydrogen-bond donors (Lipinski definition) is 1. The van der Waals surface area contributed by atoms with E-state index in [9.17, 15) is 4.79 Å². The largest absolute Gasteiger partial charge is 0.486 e. The molecule has 1 heterocycles. The van der Waals surface area contributed by atoms with Gasteiger partial charge in [-0.1, -0.05) is 30.3 Å². The lowest BCUT2D eigenvalue weighted by Crippen LogP contribution is -2.23. The summed E-state index contributed by atoms with van der Waals surface area (Å²) in [7, 11) is 0. The minimum absolute atomic E-state index is 0.0854. The Labute approximate surface area is 123 Å². The summed E-state index contributed by atoms with van der Waals surface area (Å²) in [6.07, 6.45) is 0.948. The molecule has 2 aromatic rings. The highest BCUT2D eigenvalue weighted by atomic mass is 16.6. The molecule has 0 spiro atoms. The van der Waals surface area contributed by atoms with Crippen molar-refractivity contribution in [1.29, 1.82) is 0 Å². The summed E-state index contributed by atoms with van der Waals surface area (Å²) in [5.74, 6) is 0.636. The molecule has 0 saturated heterocycles.